The maximum Gasteiger partial charge on any atom is 0.149 e. The third-order valence-corrected chi connectivity index (χ3v) is 7.56. The van der Waals surface area contributed by atoms with Gasteiger partial charge < -0.3 is 30.9 Å². The van der Waals surface area contributed by atoms with Gasteiger partial charge in [0.1, 0.15) is 12.5 Å². The van der Waals surface area contributed by atoms with Crippen molar-refractivity contribution in [1.29, 1.82) is 0 Å². The van der Waals surface area contributed by atoms with E-state index in [1.807, 2.05) is 62.2 Å². The first-order valence-corrected chi connectivity index (χ1v) is 14.2. The highest BCUT2D eigenvalue weighted by atomic mass is 16.5. The van der Waals surface area contributed by atoms with Crippen molar-refractivity contribution in [3.8, 4) is 0 Å². The van der Waals surface area contributed by atoms with Crippen LogP contribution in [0.5, 0.6) is 0 Å². The van der Waals surface area contributed by atoms with E-state index in [4.69, 9.17) is 4.74 Å². The van der Waals surface area contributed by atoms with Crippen LogP contribution in [0.1, 0.15) is 33.1 Å². The third kappa shape index (κ3) is 7.97. The van der Waals surface area contributed by atoms with Crippen molar-refractivity contribution in [2.75, 3.05) is 45.2 Å². The summed E-state index contributed by atoms with van der Waals surface area (Å²) in [6.45, 7) is 8.66. The first-order valence-electron chi connectivity index (χ1n) is 14.2. The molecule has 3 heterocycles. The quantitative estimate of drug-likeness (QED) is 0.127. The summed E-state index contributed by atoms with van der Waals surface area (Å²) in [5.41, 5.74) is 1.91. The minimum absolute atomic E-state index is 0.0775. The summed E-state index contributed by atoms with van der Waals surface area (Å²) in [6.07, 6.45) is 9.14. The molecular weight excluding hydrogens is 494 g/mol. The Morgan fingerprint density at radius 3 is 2.95 bits per heavy atom. The first-order chi connectivity index (χ1) is 19.0. The lowest BCUT2D eigenvalue weighted by Gasteiger charge is -2.39. The van der Waals surface area contributed by atoms with Crippen LogP contribution in [0.2, 0.25) is 0 Å². The summed E-state index contributed by atoms with van der Waals surface area (Å²) in [5.74, 6) is -0.227. The van der Waals surface area contributed by atoms with Crippen molar-refractivity contribution in [3.05, 3.63) is 59.4 Å². The molecule has 0 saturated carbocycles. The number of ether oxygens (including phenoxy) is 1. The number of nitrogens with one attached hydrogen (secondary N) is 3. The molecule has 0 spiro atoms. The van der Waals surface area contributed by atoms with Crippen LogP contribution >= 0.6 is 0 Å². The number of hydrogen-bond acceptors (Lipinski definition) is 9. The first kappa shape index (κ1) is 29.4. The van der Waals surface area contributed by atoms with Gasteiger partial charge in [-0.1, -0.05) is 17.7 Å². The third-order valence-electron chi connectivity index (χ3n) is 7.56. The number of fused-ring (bicyclic) bond motifs is 1. The molecule has 5 unspecified atom stereocenters. The lowest BCUT2D eigenvalue weighted by atomic mass is 10.00. The SMILES string of the molecule is CCOCCNC/C=C/C(C(O)Nc1ccc2c(c1)=C(C)CC(O)N=2)C(NC)N1CCCC1Cn1cccn1. The fourth-order valence-electron chi connectivity index (χ4n) is 5.64. The smallest absolute Gasteiger partial charge is 0.149 e. The number of anilines is 1. The number of rotatable bonds is 15. The van der Waals surface area contributed by atoms with Crippen LogP contribution in [0.15, 0.2) is 53.8 Å². The normalized spacial score (nSPS) is 22.0. The highest BCUT2D eigenvalue weighted by molar-refractivity contribution is 5.51. The Labute approximate surface area is 231 Å². The van der Waals surface area contributed by atoms with Crippen LogP contribution in [0.25, 0.3) is 5.57 Å². The molecule has 1 saturated heterocycles. The van der Waals surface area contributed by atoms with E-state index in [-0.39, 0.29) is 12.1 Å². The lowest BCUT2D eigenvalue weighted by molar-refractivity contribution is 0.0494. The molecule has 0 aliphatic carbocycles. The summed E-state index contributed by atoms with van der Waals surface area (Å²) >= 11 is 0. The summed E-state index contributed by atoms with van der Waals surface area (Å²) in [4.78, 5) is 6.82. The second-order valence-electron chi connectivity index (χ2n) is 10.3. The van der Waals surface area contributed by atoms with Crippen LogP contribution in [0, 0.1) is 5.92 Å². The number of aromatic nitrogens is 2. The molecule has 4 rings (SSSR count). The molecule has 1 aromatic heterocycles. The van der Waals surface area contributed by atoms with Crippen molar-refractivity contribution in [3.63, 3.8) is 0 Å². The predicted molar refractivity (Wildman–Crippen MR) is 153 cm³/mol. The molecule has 2 aliphatic rings. The molecule has 0 amide bonds. The number of aliphatic hydroxyl groups is 2. The Bertz CT molecular complexity index is 1170. The van der Waals surface area contributed by atoms with Crippen LogP contribution < -0.4 is 26.5 Å². The van der Waals surface area contributed by atoms with Crippen molar-refractivity contribution < 1.29 is 14.9 Å². The Kier molecular flexibility index (Phi) is 11.1. The van der Waals surface area contributed by atoms with Crippen LogP contribution in [0.4, 0.5) is 5.69 Å². The molecule has 0 radical (unpaired) electrons. The molecule has 10 nitrogen and oxygen atoms in total. The van der Waals surface area contributed by atoms with E-state index in [1.165, 1.54) is 0 Å². The molecule has 1 fully saturated rings. The maximum atomic E-state index is 11.6. The largest absolute Gasteiger partial charge is 0.380 e. The zero-order valence-electron chi connectivity index (χ0n) is 23.5. The molecule has 1 aromatic carbocycles. The zero-order chi connectivity index (χ0) is 27.6. The Balaban J connectivity index is 1.52. The zero-order valence-corrected chi connectivity index (χ0v) is 23.5. The lowest BCUT2D eigenvalue weighted by Crippen LogP contribution is -2.55. The van der Waals surface area contributed by atoms with Gasteiger partial charge in [0.2, 0.25) is 0 Å². The summed E-state index contributed by atoms with van der Waals surface area (Å²) < 4.78 is 7.41. The van der Waals surface area contributed by atoms with Crippen molar-refractivity contribution >= 4 is 11.3 Å². The molecule has 5 N–H and O–H groups in total. The molecule has 0 bridgehead atoms. The molecular formula is C29H45N7O3. The monoisotopic (exact) mass is 539 g/mol. The Morgan fingerprint density at radius 1 is 1.31 bits per heavy atom. The van der Waals surface area contributed by atoms with Gasteiger partial charge in [-0.05, 0) is 58.0 Å². The number of benzene rings is 1. The van der Waals surface area contributed by atoms with E-state index in [1.54, 1.807) is 0 Å². The highest BCUT2D eigenvalue weighted by Crippen LogP contribution is 2.26. The van der Waals surface area contributed by atoms with Crippen LogP contribution in [0.3, 0.4) is 0 Å². The number of aliphatic hydroxyl groups excluding tert-OH is 2. The van der Waals surface area contributed by atoms with E-state index in [9.17, 15) is 10.2 Å². The van der Waals surface area contributed by atoms with Crippen molar-refractivity contribution in [2.45, 2.75) is 64.3 Å². The van der Waals surface area contributed by atoms with Crippen molar-refractivity contribution in [2.24, 2.45) is 10.9 Å². The van der Waals surface area contributed by atoms with Gasteiger partial charge in [-0.15, -0.1) is 0 Å². The van der Waals surface area contributed by atoms with Gasteiger partial charge in [-0.3, -0.25) is 14.6 Å². The Hall–Kier alpha value is -2.60. The minimum Gasteiger partial charge on any atom is -0.380 e. The van der Waals surface area contributed by atoms with Gasteiger partial charge in [0, 0.05) is 62.0 Å². The second kappa shape index (κ2) is 14.7. The minimum atomic E-state index is -0.836. The van der Waals surface area contributed by atoms with E-state index in [0.29, 0.717) is 32.2 Å². The average Bonchev–Trinajstić information content (AvgIpc) is 3.60. The molecule has 39 heavy (non-hydrogen) atoms. The molecule has 5 atom stereocenters. The predicted octanol–water partition coefficient (Wildman–Crippen LogP) is 0.634. The topological polar surface area (TPSA) is 119 Å². The van der Waals surface area contributed by atoms with Gasteiger partial charge in [0.15, 0.2) is 0 Å². The number of hydrogen-bond donors (Lipinski definition) is 5. The van der Waals surface area contributed by atoms with Crippen LogP contribution in [-0.2, 0) is 11.3 Å². The van der Waals surface area contributed by atoms with Crippen molar-refractivity contribution in [1.82, 2.24) is 25.3 Å². The summed E-state index contributed by atoms with van der Waals surface area (Å²) in [5, 5.41) is 38.0. The fraction of sp³-hybridized carbons (Fsp3) is 0.586. The molecule has 214 valence electrons. The highest BCUT2D eigenvalue weighted by Gasteiger charge is 2.36. The second-order valence-corrected chi connectivity index (χ2v) is 10.3. The van der Waals surface area contributed by atoms with E-state index >= 15 is 0 Å². The molecule has 10 heteroatoms. The summed E-state index contributed by atoms with van der Waals surface area (Å²) in [7, 11) is 1.96. The van der Waals surface area contributed by atoms with Gasteiger partial charge in [0.05, 0.1) is 30.6 Å². The average molecular weight is 540 g/mol. The number of nitrogens with zero attached hydrogens (tertiary/aromatic N) is 4. The van der Waals surface area contributed by atoms with Gasteiger partial charge in [-0.2, -0.15) is 5.10 Å². The van der Waals surface area contributed by atoms with Gasteiger partial charge >= 0.3 is 0 Å². The molecule has 2 aromatic rings. The van der Waals surface area contributed by atoms with E-state index in [2.05, 4.69) is 43.1 Å². The van der Waals surface area contributed by atoms with Gasteiger partial charge in [-0.25, -0.2) is 0 Å². The van der Waals surface area contributed by atoms with Gasteiger partial charge in [0.25, 0.3) is 0 Å². The standard InChI is InChI=1S/C29H45N7O3/c1-4-39-17-14-31-12-5-9-24(28(30-3)36-16-6-8-23(36)20-35-15-7-13-32-35)29(38)33-22-10-11-26-25(19-22)21(2)18-27(37)34-26/h5,7,9-11,13,15,19,23-24,27-31,33,37-38H,4,6,8,12,14,16-18,20H2,1-3H3/b9-5+. The number of likely N-dealkylation sites (tertiary alicyclic amines) is 1. The van der Waals surface area contributed by atoms with E-state index < -0.39 is 12.5 Å². The molecule has 2 aliphatic heterocycles. The maximum absolute atomic E-state index is 11.6. The van der Waals surface area contributed by atoms with E-state index in [0.717, 1.165) is 54.3 Å². The van der Waals surface area contributed by atoms with Crippen LogP contribution in [-0.4, -0.2) is 89.5 Å². The summed E-state index contributed by atoms with van der Waals surface area (Å²) in [6, 6.07) is 8.11. The Morgan fingerprint density at radius 2 is 2.18 bits per heavy atom. The fourth-order valence-corrected chi connectivity index (χ4v) is 5.64.